The van der Waals surface area contributed by atoms with E-state index in [0.29, 0.717) is 12.2 Å². The molecule has 0 spiro atoms. The molecule has 8 heteroatoms. The molecule has 0 atom stereocenters. The number of hydrogen-bond acceptors (Lipinski definition) is 5. The maximum absolute atomic E-state index is 11.6. The minimum Gasteiger partial charge on any atom is -0.478 e. The van der Waals surface area contributed by atoms with Gasteiger partial charge in [-0.3, -0.25) is 10.1 Å². The predicted octanol–water partition coefficient (Wildman–Crippen LogP) is 3.79. The van der Waals surface area contributed by atoms with Gasteiger partial charge in [0.1, 0.15) is 5.69 Å². The molecule has 26 heavy (non-hydrogen) atoms. The molecule has 8 nitrogen and oxygen atoms in total. The summed E-state index contributed by atoms with van der Waals surface area (Å²) in [5.74, 6) is -2.37. The van der Waals surface area contributed by atoms with Gasteiger partial charge >= 0.3 is 11.9 Å². The number of aromatic carboxylic acids is 2. The number of hydrogen-bond donors (Lipinski definition) is 2. The SMILES string of the molecule is CC(C)CN(c1ccccc1C(=O)O)c1ccc(C(=O)O)cc1[N+](=O)[O-]. The number of nitro groups is 1. The van der Waals surface area contributed by atoms with Crippen LogP contribution in [0.25, 0.3) is 0 Å². The van der Waals surface area contributed by atoms with Crippen molar-refractivity contribution >= 4 is 29.0 Å². The lowest BCUT2D eigenvalue weighted by Gasteiger charge is -2.28. The number of nitro benzene ring substituents is 1. The lowest BCUT2D eigenvalue weighted by Crippen LogP contribution is -2.25. The Morgan fingerprint density at radius 1 is 1.08 bits per heavy atom. The molecular formula is C18H18N2O6. The zero-order chi connectivity index (χ0) is 19.4. The zero-order valence-electron chi connectivity index (χ0n) is 14.2. The van der Waals surface area contributed by atoms with Crippen molar-refractivity contribution in [3.8, 4) is 0 Å². The summed E-state index contributed by atoms with van der Waals surface area (Å²) in [6.45, 7) is 4.11. The Kier molecular flexibility index (Phi) is 5.56. The largest absolute Gasteiger partial charge is 0.478 e. The standard InChI is InChI=1S/C18H18N2O6/c1-11(2)10-19(14-6-4-3-5-13(14)18(23)24)15-8-7-12(17(21)22)9-16(15)20(25)26/h3-9,11H,10H2,1-2H3,(H,21,22)(H,23,24). The minimum atomic E-state index is -1.28. The summed E-state index contributed by atoms with van der Waals surface area (Å²) in [6.07, 6.45) is 0. The van der Waals surface area contributed by atoms with E-state index in [9.17, 15) is 24.8 Å². The van der Waals surface area contributed by atoms with Crippen molar-refractivity contribution in [1.82, 2.24) is 0 Å². The highest BCUT2D eigenvalue weighted by atomic mass is 16.6. The molecule has 0 fully saturated rings. The zero-order valence-corrected chi connectivity index (χ0v) is 14.2. The molecule has 0 unspecified atom stereocenters. The van der Waals surface area contributed by atoms with Crippen LogP contribution in [0.5, 0.6) is 0 Å². The number of rotatable bonds is 7. The highest BCUT2D eigenvalue weighted by molar-refractivity contribution is 5.96. The molecule has 0 bridgehead atoms. The van der Waals surface area contributed by atoms with Crippen molar-refractivity contribution in [2.45, 2.75) is 13.8 Å². The van der Waals surface area contributed by atoms with Crippen LogP contribution >= 0.6 is 0 Å². The summed E-state index contributed by atoms with van der Waals surface area (Å²) >= 11 is 0. The minimum absolute atomic E-state index is 0.00441. The van der Waals surface area contributed by atoms with Gasteiger partial charge in [0.25, 0.3) is 5.69 Å². The Bertz CT molecular complexity index is 863. The van der Waals surface area contributed by atoms with Crippen molar-refractivity contribution in [1.29, 1.82) is 0 Å². The van der Waals surface area contributed by atoms with Crippen LogP contribution in [0.1, 0.15) is 34.6 Å². The van der Waals surface area contributed by atoms with Gasteiger partial charge in [0.2, 0.25) is 0 Å². The van der Waals surface area contributed by atoms with Gasteiger partial charge in [-0.1, -0.05) is 26.0 Å². The van der Waals surface area contributed by atoms with Gasteiger partial charge in [0.05, 0.1) is 21.7 Å². The first-order valence-corrected chi connectivity index (χ1v) is 7.84. The summed E-state index contributed by atoms with van der Waals surface area (Å²) in [5.41, 5.74) is -0.158. The Labute approximate surface area is 149 Å². The van der Waals surface area contributed by atoms with Crippen LogP contribution in [-0.4, -0.2) is 33.6 Å². The Morgan fingerprint density at radius 3 is 2.27 bits per heavy atom. The van der Waals surface area contributed by atoms with Gasteiger partial charge in [-0.25, -0.2) is 9.59 Å². The van der Waals surface area contributed by atoms with Crippen LogP contribution in [0.15, 0.2) is 42.5 Å². The van der Waals surface area contributed by atoms with Crippen LogP contribution in [0, 0.1) is 16.0 Å². The highest BCUT2D eigenvalue weighted by Gasteiger charge is 2.26. The number of anilines is 2. The van der Waals surface area contributed by atoms with Gasteiger partial charge in [-0.05, 0) is 30.2 Å². The Hall–Kier alpha value is -3.42. The van der Waals surface area contributed by atoms with Gasteiger partial charge in [-0.2, -0.15) is 0 Å². The van der Waals surface area contributed by atoms with Crippen molar-refractivity contribution in [2.75, 3.05) is 11.4 Å². The molecule has 0 saturated heterocycles. The van der Waals surface area contributed by atoms with Crippen LogP contribution in [-0.2, 0) is 0 Å². The monoisotopic (exact) mass is 358 g/mol. The quantitative estimate of drug-likeness (QED) is 0.570. The average Bonchev–Trinajstić information content (AvgIpc) is 2.58. The van der Waals surface area contributed by atoms with E-state index in [-0.39, 0.29) is 22.7 Å². The molecule has 2 rings (SSSR count). The molecule has 0 aromatic heterocycles. The second-order valence-corrected chi connectivity index (χ2v) is 6.09. The van der Waals surface area contributed by atoms with Gasteiger partial charge in [0.15, 0.2) is 0 Å². The third kappa shape index (κ3) is 3.97. The number of nitrogens with zero attached hydrogens (tertiary/aromatic N) is 2. The van der Waals surface area contributed by atoms with E-state index in [1.165, 1.54) is 23.1 Å². The van der Waals surface area contributed by atoms with E-state index in [1.54, 1.807) is 18.2 Å². The van der Waals surface area contributed by atoms with Gasteiger partial charge in [-0.15, -0.1) is 0 Å². The van der Waals surface area contributed by atoms with E-state index in [2.05, 4.69) is 0 Å². The number of para-hydroxylation sites is 1. The predicted molar refractivity (Wildman–Crippen MR) is 95.3 cm³/mol. The van der Waals surface area contributed by atoms with E-state index in [0.717, 1.165) is 6.07 Å². The Morgan fingerprint density at radius 2 is 1.73 bits per heavy atom. The number of carbonyl (C=O) groups is 2. The Balaban J connectivity index is 2.71. The van der Waals surface area contributed by atoms with Crippen LogP contribution in [0.2, 0.25) is 0 Å². The summed E-state index contributed by atoms with van der Waals surface area (Å²) in [6, 6.07) is 9.79. The molecule has 2 aromatic carbocycles. The summed E-state index contributed by atoms with van der Waals surface area (Å²) in [7, 11) is 0. The lowest BCUT2D eigenvalue weighted by molar-refractivity contribution is -0.384. The number of benzene rings is 2. The molecule has 0 aliphatic carbocycles. The third-order valence-corrected chi connectivity index (χ3v) is 3.68. The van der Waals surface area contributed by atoms with E-state index in [1.807, 2.05) is 13.8 Å². The normalized spacial score (nSPS) is 10.6. The maximum Gasteiger partial charge on any atom is 0.337 e. The first kappa shape index (κ1) is 18.9. The lowest BCUT2D eigenvalue weighted by atomic mass is 10.1. The summed E-state index contributed by atoms with van der Waals surface area (Å²) in [4.78, 5) is 35.1. The van der Waals surface area contributed by atoms with Crippen LogP contribution in [0.3, 0.4) is 0 Å². The molecule has 0 heterocycles. The van der Waals surface area contributed by atoms with Crippen molar-refractivity contribution < 1.29 is 24.7 Å². The van der Waals surface area contributed by atoms with E-state index < -0.39 is 22.5 Å². The van der Waals surface area contributed by atoms with Crippen LogP contribution in [0.4, 0.5) is 17.1 Å². The van der Waals surface area contributed by atoms with E-state index in [4.69, 9.17) is 5.11 Å². The second kappa shape index (κ2) is 7.64. The van der Waals surface area contributed by atoms with Crippen molar-refractivity contribution in [3.63, 3.8) is 0 Å². The summed E-state index contributed by atoms with van der Waals surface area (Å²) in [5, 5.41) is 30.0. The topological polar surface area (TPSA) is 121 Å². The molecule has 0 aliphatic heterocycles. The van der Waals surface area contributed by atoms with Crippen molar-refractivity contribution in [2.24, 2.45) is 5.92 Å². The molecule has 136 valence electrons. The number of carboxylic acid groups (broad SMARTS) is 2. The third-order valence-electron chi connectivity index (χ3n) is 3.68. The summed E-state index contributed by atoms with van der Waals surface area (Å²) < 4.78 is 0. The molecule has 0 radical (unpaired) electrons. The van der Waals surface area contributed by atoms with Crippen LogP contribution < -0.4 is 4.90 Å². The molecule has 2 N–H and O–H groups in total. The van der Waals surface area contributed by atoms with E-state index >= 15 is 0 Å². The molecule has 2 aromatic rings. The highest BCUT2D eigenvalue weighted by Crippen LogP contribution is 2.36. The molecular weight excluding hydrogens is 340 g/mol. The fraction of sp³-hybridized carbons (Fsp3) is 0.222. The fourth-order valence-electron chi connectivity index (χ4n) is 2.61. The number of carboxylic acids is 2. The first-order chi connectivity index (χ1) is 12.2. The van der Waals surface area contributed by atoms with Crippen molar-refractivity contribution in [3.05, 3.63) is 63.7 Å². The molecule has 0 saturated carbocycles. The van der Waals surface area contributed by atoms with Gasteiger partial charge in [0, 0.05) is 12.6 Å². The molecule has 0 aliphatic rings. The second-order valence-electron chi connectivity index (χ2n) is 6.09. The van der Waals surface area contributed by atoms with Gasteiger partial charge < -0.3 is 15.1 Å². The molecule has 0 amide bonds. The average molecular weight is 358 g/mol. The maximum atomic E-state index is 11.6. The smallest absolute Gasteiger partial charge is 0.337 e. The fourth-order valence-corrected chi connectivity index (χ4v) is 2.61. The first-order valence-electron chi connectivity index (χ1n) is 7.84.